The van der Waals surface area contributed by atoms with E-state index in [1.165, 1.54) is 0 Å². The van der Waals surface area contributed by atoms with Gasteiger partial charge in [0.2, 0.25) is 0 Å². The van der Waals surface area contributed by atoms with Gasteiger partial charge < -0.3 is 58.0 Å². The maximum absolute atomic E-state index is 12.8. The summed E-state index contributed by atoms with van der Waals surface area (Å²) in [5.74, 6) is -0.548. The van der Waals surface area contributed by atoms with Crippen LogP contribution in [0.2, 0.25) is 0 Å². The Balaban J connectivity index is 1.42. The minimum absolute atomic E-state index is 0.0481. The third-order valence-electron chi connectivity index (χ3n) is 10.8. The summed E-state index contributed by atoms with van der Waals surface area (Å²) in [6, 6.07) is 31.3. The third kappa shape index (κ3) is 13.3. The van der Waals surface area contributed by atoms with Crippen molar-refractivity contribution in [2.24, 2.45) is 0 Å². The molecule has 0 saturated carbocycles. The number of benzene rings is 6. The highest BCUT2D eigenvalue weighted by atomic mass is 16.6. The van der Waals surface area contributed by atoms with E-state index in [0.717, 1.165) is 33.4 Å². The molecule has 1 heterocycles. The number of carbonyl (C=O) groups is 3. The normalized spacial score (nSPS) is 12.7. The lowest BCUT2D eigenvalue weighted by atomic mass is 9.97. The Morgan fingerprint density at radius 2 is 0.594 bits per heavy atom. The van der Waals surface area contributed by atoms with Crippen LogP contribution < -0.4 is 14.2 Å². The van der Waals surface area contributed by atoms with Crippen LogP contribution in [0.4, 0.5) is 0 Å². The Kier molecular flexibility index (Phi) is 17.1. The zero-order valence-corrected chi connectivity index (χ0v) is 38.6. The summed E-state index contributed by atoms with van der Waals surface area (Å²) in [4.78, 5) is 38.4. The summed E-state index contributed by atoms with van der Waals surface area (Å²) in [5, 5.41) is 30.5. The number of rotatable bonds is 15. The first-order valence-electron chi connectivity index (χ1n) is 22.5. The van der Waals surface area contributed by atoms with E-state index in [2.05, 4.69) is 0 Å². The maximum Gasteiger partial charge on any atom is 0.344 e. The standard InChI is InChI=1S/C54H54O15/c1-4-64-49(58)31-67-52-40-19-37(34-7-13-46(55)14-8-34)20-41(52)26-62-28-43-22-39(36-11-17-48(57)18-12-36)24-45(54(43)69-33-51(60)66-6-3)30-63-29-44-23-38(35-9-15-47(56)16-10-35)21-42(27-61-25-40)53(44)68-32-50(59)65-5-2/h7-24,55-57H,4-6,25-33H2,1-3H3. The van der Waals surface area contributed by atoms with E-state index in [4.69, 9.17) is 42.6 Å². The van der Waals surface area contributed by atoms with E-state index in [1.807, 2.05) is 36.4 Å². The van der Waals surface area contributed by atoms with E-state index in [-0.39, 0.29) is 76.7 Å². The van der Waals surface area contributed by atoms with Gasteiger partial charge in [0.05, 0.1) is 59.5 Å². The average Bonchev–Trinajstić information content (AvgIpc) is 3.33. The highest BCUT2D eigenvalue weighted by molar-refractivity contribution is 5.74. The lowest BCUT2D eigenvalue weighted by molar-refractivity contribution is -0.146. The molecule has 6 bridgehead atoms. The molecule has 0 fully saturated rings. The van der Waals surface area contributed by atoms with Crippen molar-refractivity contribution < 1.29 is 72.3 Å². The number of esters is 3. The van der Waals surface area contributed by atoms with Gasteiger partial charge in [0, 0.05) is 33.4 Å². The minimum atomic E-state index is -0.584. The minimum Gasteiger partial charge on any atom is -0.508 e. The fourth-order valence-electron chi connectivity index (χ4n) is 7.74. The van der Waals surface area contributed by atoms with Gasteiger partial charge in [-0.05, 0) is 127 Å². The lowest BCUT2D eigenvalue weighted by Gasteiger charge is -2.22. The van der Waals surface area contributed by atoms with Crippen LogP contribution in [-0.2, 0) is 82.4 Å². The van der Waals surface area contributed by atoms with E-state index in [0.29, 0.717) is 50.6 Å². The summed E-state index contributed by atoms with van der Waals surface area (Å²) in [6.07, 6.45) is 0. The second kappa shape index (κ2) is 23.9. The molecule has 0 aliphatic carbocycles. The second-order valence-corrected chi connectivity index (χ2v) is 15.8. The Morgan fingerprint density at radius 3 is 0.797 bits per heavy atom. The van der Waals surface area contributed by atoms with Crippen molar-refractivity contribution in [3.05, 3.63) is 143 Å². The van der Waals surface area contributed by atoms with Crippen LogP contribution in [0.5, 0.6) is 34.5 Å². The van der Waals surface area contributed by atoms with Crippen LogP contribution in [0.3, 0.4) is 0 Å². The predicted molar refractivity (Wildman–Crippen MR) is 252 cm³/mol. The van der Waals surface area contributed by atoms with Crippen molar-refractivity contribution in [3.8, 4) is 67.9 Å². The molecule has 15 heteroatoms. The molecule has 69 heavy (non-hydrogen) atoms. The summed E-state index contributed by atoms with van der Waals surface area (Å²) in [5.41, 5.74) is 7.76. The number of hydrogen-bond donors (Lipinski definition) is 3. The van der Waals surface area contributed by atoms with Crippen LogP contribution >= 0.6 is 0 Å². The molecule has 1 aliphatic rings. The molecule has 0 radical (unpaired) electrons. The van der Waals surface area contributed by atoms with E-state index < -0.39 is 37.7 Å². The van der Waals surface area contributed by atoms with Crippen molar-refractivity contribution in [1.82, 2.24) is 0 Å². The predicted octanol–water partition coefficient (Wildman–Crippen LogP) is 9.09. The molecule has 1 aliphatic heterocycles. The molecule has 0 atom stereocenters. The number of fused-ring (bicyclic) bond motifs is 6. The first-order chi connectivity index (χ1) is 33.5. The molecule has 7 rings (SSSR count). The Morgan fingerprint density at radius 1 is 0.377 bits per heavy atom. The maximum atomic E-state index is 12.8. The van der Waals surface area contributed by atoms with Crippen LogP contribution in [0.15, 0.2) is 109 Å². The van der Waals surface area contributed by atoms with Gasteiger partial charge in [0.1, 0.15) is 34.5 Å². The molecule has 0 unspecified atom stereocenters. The van der Waals surface area contributed by atoms with Gasteiger partial charge >= 0.3 is 17.9 Å². The lowest BCUT2D eigenvalue weighted by Crippen LogP contribution is -2.17. The van der Waals surface area contributed by atoms with Gasteiger partial charge in [0.25, 0.3) is 0 Å². The van der Waals surface area contributed by atoms with Crippen molar-refractivity contribution in [2.75, 3.05) is 39.6 Å². The summed E-state index contributed by atoms with van der Waals surface area (Å²) < 4.78 is 54.1. The molecule has 15 nitrogen and oxygen atoms in total. The van der Waals surface area contributed by atoms with Gasteiger partial charge in [-0.25, -0.2) is 14.4 Å². The van der Waals surface area contributed by atoms with Gasteiger partial charge in [0.15, 0.2) is 19.8 Å². The molecule has 3 N–H and O–H groups in total. The number of hydrogen-bond acceptors (Lipinski definition) is 15. The van der Waals surface area contributed by atoms with Crippen molar-refractivity contribution in [1.29, 1.82) is 0 Å². The molecule has 6 aromatic rings. The zero-order valence-electron chi connectivity index (χ0n) is 38.6. The average molecular weight is 943 g/mol. The zero-order chi connectivity index (χ0) is 48.7. The monoisotopic (exact) mass is 942 g/mol. The van der Waals surface area contributed by atoms with E-state index >= 15 is 0 Å². The van der Waals surface area contributed by atoms with Crippen molar-refractivity contribution in [3.63, 3.8) is 0 Å². The molecule has 0 amide bonds. The van der Waals surface area contributed by atoms with E-state index in [1.54, 1.807) is 93.6 Å². The van der Waals surface area contributed by atoms with Crippen LogP contribution in [0.25, 0.3) is 33.4 Å². The highest BCUT2D eigenvalue weighted by Crippen LogP contribution is 2.39. The fraction of sp³-hybridized carbons (Fsp3) is 0.278. The molecule has 0 spiro atoms. The molecule has 0 aromatic heterocycles. The first-order valence-corrected chi connectivity index (χ1v) is 22.5. The largest absolute Gasteiger partial charge is 0.508 e. The number of aromatic hydroxyl groups is 3. The van der Waals surface area contributed by atoms with Crippen molar-refractivity contribution >= 4 is 17.9 Å². The van der Waals surface area contributed by atoms with Gasteiger partial charge in [-0.1, -0.05) is 36.4 Å². The first kappa shape index (κ1) is 49.3. The van der Waals surface area contributed by atoms with Crippen LogP contribution in [0, 0.1) is 0 Å². The SMILES string of the molecule is CCOC(=O)COc1c2cc(-c3ccc(O)cc3)cc1COCc1cc(-c3ccc(O)cc3)cc(c1OCC(=O)OCC)COCc1cc(-c3ccc(O)cc3)cc(c1OCC(=O)OCC)COC2. The molecule has 360 valence electrons. The number of ether oxygens (including phenoxy) is 9. The Bertz CT molecular complexity index is 2340. The Hall–Kier alpha value is -7.59. The third-order valence-corrected chi connectivity index (χ3v) is 10.8. The highest BCUT2D eigenvalue weighted by Gasteiger charge is 2.22. The summed E-state index contributed by atoms with van der Waals surface area (Å²) >= 11 is 0. The fourth-order valence-corrected chi connectivity index (χ4v) is 7.74. The number of phenols is 3. The quantitative estimate of drug-likeness (QED) is 0.0651. The van der Waals surface area contributed by atoms with E-state index in [9.17, 15) is 29.7 Å². The molecule has 0 saturated heterocycles. The summed E-state index contributed by atoms with van der Waals surface area (Å²) in [6.45, 7) is 4.02. The second-order valence-electron chi connectivity index (χ2n) is 15.8. The number of phenolic OH excluding ortho intramolecular Hbond substituents is 3. The van der Waals surface area contributed by atoms with Gasteiger partial charge in [-0.15, -0.1) is 0 Å². The topological polar surface area (TPSA) is 195 Å². The van der Waals surface area contributed by atoms with Crippen LogP contribution in [-0.4, -0.2) is 72.9 Å². The van der Waals surface area contributed by atoms with Crippen LogP contribution in [0.1, 0.15) is 54.2 Å². The van der Waals surface area contributed by atoms with Gasteiger partial charge in [-0.2, -0.15) is 0 Å². The summed E-state index contributed by atoms with van der Waals surface area (Å²) in [7, 11) is 0. The van der Waals surface area contributed by atoms with Crippen molar-refractivity contribution in [2.45, 2.75) is 60.4 Å². The smallest absolute Gasteiger partial charge is 0.344 e. The molecular formula is C54H54O15. The molecular weight excluding hydrogens is 889 g/mol. The van der Waals surface area contributed by atoms with Gasteiger partial charge in [-0.3, -0.25) is 0 Å². The Labute approximate surface area is 399 Å². The number of carbonyl (C=O) groups excluding carboxylic acids is 3. The molecule has 6 aromatic carbocycles.